The summed E-state index contributed by atoms with van der Waals surface area (Å²) >= 11 is 12.0. The minimum absolute atomic E-state index is 0.164. The zero-order chi connectivity index (χ0) is 12.3. The topological polar surface area (TPSA) is 24.9 Å². The average molecular weight is 267 g/mol. The molecule has 2 nitrogen and oxygen atoms in total. The van der Waals surface area contributed by atoms with Crippen LogP contribution in [0.3, 0.4) is 0 Å². The number of hydrogen-bond donors (Lipinski definition) is 1. The highest BCUT2D eigenvalue weighted by atomic mass is 35.5. The van der Waals surface area contributed by atoms with Crippen LogP contribution in [0.5, 0.6) is 0 Å². The largest absolute Gasteiger partial charge is 0.377 e. The summed E-state index contributed by atoms with van der Waals surface area (Å²) in [7, 11) is 0. The first-order valence-electron chi connectivity index (χ1n) is 5.28. The lowest BCUT2D eigenvalue weighted by atomic mass is 10.1. The Hall–Kier alpha value is -1.25. The third kappa shape index (κ3) is 3.11. The molecule has 1 atom stereocenters. The van der Waals surface area contributed by atoms with Gasteiger partial charge >= 0.3 is 0 Å². The van der Waals surface area contributed by atoms with E-state index in [0.717, 1.165) is 11.3 Å². The number of pyridine rings is 1. The van der Waals surface area contributed by atoms with E-state index in [1.165, 1.54) is 0 Å². The highest BCUT2D eigenvalue weighted by Gasteiger charge is 2.07. The zero-order valence-electron chi connectivity index (χ0n) is 9.32. The normalized spacial score (nSPS) is 12.2. The Morgan fingerprint density at radius 2 is 1.82 bits per heavy atom. The van der Waals surface area contributed by atoms with Crippen LogP contribution in [-0.2, 0) is 0 Å². The van der Waals surface area contributed by atoms with Gasteiger partial charge in [-0.15, -0.1) is 0 Å². The van der Waals surface area contributed by atoms with E-state index in [1.54, 1.807) is 18.5 Å². The molecule has 0 aliphatic rings. The Morgan fingerprint density at radius 3 is 2.47 bits per heavy atom. The second kappa shape index (κ2) is 5.39. The summed E-state index contributed by atoms with van der Waals surface area (Å²) in [5, 5.41) is 4.60. The van der Waals surface area contributed by atoms with Crippen LogP contribution in [0, 0.1) is 0 Å². The molecule has 4 heteroatoms. The Kier molecular flexibility index (Phi) is 3.87. The van der Waals surface area contributed by atoms with Gasteiger partial charge in [0.2, 0.25) is 0 Å². The van der Waals surface area contributed by atoms with E-state index in [4.69, 9.17) is 23.2 Å². The number of nitrogens with zero attached hydrogens (tertiary/aromatic N) is 1. The average Bonchev–Trinajstić information content (AvgIpc) is 2.34. The molecule has 2 rings (SSSR count). The number of hydrogen-bond acceptors (Lipinski definition) is 2. The monoisotopic (exact) mass is 266 g/mol. The summed E-state index contributed by atoms with van der Waals surface area (Å²) < 4.78 is 0. The van der Waals surface area contributed by atoms with Gasteiger partial charge in [-0.25, -0.2) is 0 Å². The summed E-state index contributed by atoms with van der Waals surface area (Å²) in [6.45, 7) is 2.07. The fraction of sp³-hybridized carbons (Fsp3) is 0.154. The van der Waals surface area contributed by atoms with Crippen LogP contribution >= 0.6 is 23.2 Å². The van der Waals surface area contributed by atoms with Crippen molar-refractivity contribution < 1.29 is 0 Å². The fourth-order valence-electron chi connectivity index (χ4n) is 1.58. The van der Waals surface area contributed by atoms with Crippen molar-refractivity contribution in [2.75, 3.05) is 5.32 Å². The standard InChI is InChI=1S/C13H12Cl2N2/c1-9(10-4-6-16-7-5-10)17-13-3-2-11(14)8-12(13)15/h2-9,17H,1H3. The van der Waals surface area contributed by atoms with Gasteiger partial charge in [-0.05, 0) is 42.8 Å². The van der Waals surface area contributed by atoms with Crippen molar-refractivity contribution in [1.82, 2.24) is 4.98 Å². The molecule has 0 saturated carbocycles. The number of benzene rings is 1. The minimum Gasteiger partial charge on any atom is -0.377 e. The number of halogens is 2. The Bertz CT molecular complexity index is 500. The SMILES string of the molecule is CC(Nc1ccc(Cl)cc1Cl)c1ccncc1. The van der Waals surface area contributed by atoms with Crippen molar-refractivity contribution in [3.63, 3.8) is 0 Å². The van der Waals surface area contributed by atoms with Crippen molar-refractivity contribution >= 4 is 28.9 Å². The molecular formula is C13H12Cl2N2. The highest BCUT2D eigenvalue weighted by Crippen LogP contribution is 2.28. The molecule has 17 heavy (non-hydrogen) atoms. The van der Waals surface area contributed by atoms with E-state index in [0.29, 0.717) is 10.0 Å². The molecule has 0 spiro atoms. The highest BCUT2D eigenvalue weighted by molar-refractivity contribution is 6.36. The molecule has 1 unspecified atom stereocenters. The molecule has 88 valence electrons. The van der Waals surface area contributed by atoms with Gasteiger partial charge in [-0.2, -0.15) is 0 Å². The quantitative estimate of drug-likeness (QED) is 0.881. The summed E-state index contributed by atoms with van der Waals surface area (Å²) in [5.41, 5.74) is 2.03. The van der Waals surface area contributed by atoms with Crippen LogP contribution in [0.15, 0.2) is 42.7 Å². The molecule has 0 aliphatic carbocycles. The van der Waals surface area contributed by atoms with Gasteiger partial charge in [-0.1, -0.05) is 23.2 Å². The molecule has 0 radical (unpaired) electrons. The van der Waals surface area contributed by atoms with Gasteiger partial charge in [0, 0.05) is 23.5 Å². The molecule has 0 amide bonds. The lowest BCUT2D eigenvalue weighted by Crippen LogP contribution is -2.06. The maximum absolute atomic E-state index is 6.10. The van der Waals surface area contributed by atoms with Crippen LogP contribution in [0.1, 0.15) is 18.5 Å². The molecule has 0 fully saturated rings. The number of anilines is 1. The Labute approximate surface area is 111 Å². The molecule has 1 N–H and O–H groups in total. The summed E-state index contributed by atoms with van der Waals surface area (Å²) in [5.74, 6) is 0. The van der Waals surface area contributed by atoms with Gasteiger partial charge in [-0.3, -0.25) is 4.98 Å². The Morgan fingerprint density at radius 1 is 1.12 bits per heavy atom. The van der Waals surface area contributed by atoms with Gasteiger partial charge in [0.25, 0.3) is 0 Å². The molecule has 0 aliphatic heterocycles. The lowest BCUT2D eigenvalue weighted by Gasteiger charge is -2.16. The second-order valence-electron chi connectivity index (χ2n) is 3.77. The van der Waals surface area contributed by atoms with Crippen molar-refractivity contribution in [2.24, 2.45) is 0 Å². The minimum atomic E-state index is 0.164. The van der Waals surface area contributed by atoms with Crippen LogP contribution in [0.4, 0.5) is 5.69 Å². The van der Waals surface area contributed by atoms with Crippen molar-refractivity contribution in [1.29, 1.82) is 0 Å². The first-order chi connectivity index (χ1) is 8.16. The van der Waals surface area contributed by atoms with Crippen molar-refractivity contribution in [2.45, 2.75) is 13.0 Å². The molecule has 0 saturated heterocycles. The van der Waals surface area contributed by atoms with Crippen LogP contribution in [-0.4, -0.2) is 4.98 Å². The second-order valence-corrected chi connectivity index (χ2v) is 4.61. The van der Waals surface area contributed by atoms with Gasteiger partial charge in [0.1, 0.15) is 0 Å². The molecule has 1 heterocycles. The van der Waals surface area contributed by atoms with Gasteiger partial charge in [0.15, 0.2) is 0 Å². The summed E-state index contributed by atoms with van der Waals surface area (Å²) in [4.78, 5) is 3.99. The van der Waals surface area contributed by atoms with Crippen molar-refractivity contribution in [3.05, 3.63) is 58.3 Å². The first-order valence-corrected chi connectivity index (χ1v) is 6.04. The maximum atomic E-state index is 6.10. The van der Waals surface area contributed by atoms with Gasteiger partial charge < -0.3 is 5.32 Å². The van der Waals surface area contributed by atoms with Gasteiger partial charge in [0.05, 0.1) is 10.7 Å². The smallest absolute Gasteiger partial charge is 0.0652 e. The fourth-order valence-corrected chi connectivity index (χ4v) is 2.04. The van der Waals surface area contributed by atoms with Crippen LogP contribution in [0.2, 0.25) is 10.0 Å². The molecule has 0 bridgehead atoms. The molecular weight excluding hydrogens is 255 g/mol. The Balaban J connectivity index is 2.16. The van der Waals surface area contributed by atoms with E-state index in [1.807, 2.05) is 24.3 Å². The van der Waals surface area contributed by atoms with Crippen molar-refractivity contribution in [3.8, 4) is 0 Å². The third-order valence-electron chi connectivity index (χ3n) is 2.51. The summed E-state index contributed by atoms with van der Waals surface area (Å²) in [6.07, 6.45) is 3.55. The number of nitrogens with one attached hydrogen (secondary N) is 1. The summed E-state index contributed by atoms with van der Waals surface area (Å²) in [6, 6.07) is 9.53. The lowest BCUT2D eigenvalue weighted by molar-refractivity contribution is 0.881. The third-order valence-corrected chi connectivity index (χ3v) is 3.06. The first kappa shape index (κ1) is 12.2. The predicted octanol–water partition coefficient (Wildman–Crippen LogP) is 4.56. The molecule has 1 aromatic heterocycles. The van der Waals surface area contributed by atoms with E-state index in [-0.39, 0.29) is 6.04 Å². The molecule has 1 aromatic carbocycles. The van der Waals surface area contributed by atoms with E-state index in [2.05, 4.69) is 17.2 Å². The molecule has 2 aromatic rings. The number of rotatable bonds is 3. The van der Waals surface area contributed by atoms with E-state index in [9.17, 15) is 0 Å². The zero-order valence-corrected chi connectivity index (χ0v) is 10.8. The van der Waals surface area contributed by atoms with Crippen LogP contribution < -0.4 is 5.32 Å². The maximum Gasteiger partial charge on any atom is 0.0652 e. The predicted molar refractivity (Wildman–Crippen MR) is 72.7 cm³/mol. The van der Waals surface area contributed by atoms with E-state index >= 15 is 0 Å². The van der Waals surface area contributed by atoms with E-state index < -0.39 is 0 Å². The number of aromatic nitrogens is 1. The van der Waals surface area contributed by atoms with Crippen LogP contribution in [0.25, 0.3) is 0 Å².